The largest absolute Gasteiger partial charge is 0.494 e. The molecule has 2 aromatic carbocycles. The molecule has 6 heteroatoms. The van der Waals surface area contributed by atoms with Crippen molar-refractivity contribution in [2.45, 2.75) is 45.6 Å². The molecule has 0 unspecified atom stereocenters. The molecule has 1 saturated heterocycles. The van der Waals surface area contributed by atoms with Crippen molar-refractivity contribution in [1.82, 2.24) is 9.88 Å². The summed E-state index contributed by atoms with van der Waals surface area (Å²) in [6.45, 7) is 6.31. The number of unbranched alkanes of at least 4 members (excludes halogenated alkanes) is 1. The molecule has 5 nitrogen and oxygen atoms in total. The van der Waals surface area contributed by atoms with E-state index in [0.717, 1.165) is 46.8 Å². The van der Waals surface area contributed by atoms with E-state index in [-0.39, 0.29) is 12.0 Å². The highest BCUT2D eigenvalue weighted by atomic mass is 32.1. The minimum absolute atomic E-state index is 0.0733. The van der Waals surface area contributed by atoms with Gasteiger partial charge >= 0.3 is 0 Å². The van der Waals surface area contributed by atoms with Crippen LogP contribution in [-0.2, 0) is 0 Å². The first-order valence-electron chi connectivity index (χ1n) is 10.7. The molecule has 1 aliphatic rings. The predicted molar refractivity (Wildman–Crippen MR) is 121 cm³/mol. The SMILES string of the molecule is CCCCOc1ccc(C(=O)N2CCC(Oc3nc4c(C)cccc4s3)CC2)cc1. The van der Waals surface area contributed by atoms with Crippen LogP contribution in [0.4, 0.5) is 0 Å². The molecule has 0 aliphatic carbocycles. The summed E-state index contributed by atoms with van der Waals surface area (Å²) >= 11 is 1.59. The maximum Gasteiger partial charge on any atom is 0.274 e. The third kappa shape index (κ3) is 4.75. The van der Waals surface area contributed by atoms with Crippen LogP contribution in [0.3, 0.4) is 0 Å². The molecule has 158 valence electrons. The summed E-state index contributed by atoms with van der Waals surface area (Å²) in [6.07, 6.45) is 3.88. The van der Waals surface area contributed by atoms with Gasteiger partial charge in [0.2, 0.25) is 0 Å². The number of benzene rings is 2. The molecule has 0 saturated carbocycles. The maximum absolute atomic E-state index is 12.8. The predicted octanol–water partition coefficient (Wildman–Crippen LogP) is 5.47. The zero-order chi connectivity index (χ0) is 20.9. The number of amides is 1. The number of thiazole rings is 1. The average molecular weight is 425 g/mol. The number of likely N-dealkylation sites (tertiary alicyclic amines) is 1. The van der Waals surface area contributed by atoms with Gasteiger partial charge in [-0.3, -0.25) is 4.79 Å². The highest BCUT2D eigenvalue weighted by Gasteiger charge is 2.25. The normalized spacial score (nSPS) is 14.8. The van der Waals surface area contributed by atoms with Gasteiger partial charge in [0, 0.05) is 31.5 Å². The third-order valence-corrected chi connectivity index (χ3v) is 6.38. The standard InChI is InChI=1S/C24H28N2O3S/c1-3-4-16-28-19-10-8-18(9-11-19)23(27)26-14-12-20(13-15-26)29-24-25-22-17(2)6-5-7-21(22)30-24/h5-11,20H,3-4,12-16H2,1-2H3. The molecule has 3 aromatic rings. The van der Waals surface area contributed by atoms with E-state index in [4.69, 9.17) is 9.47 Å². The number of para-hydroxylation sites is 1. The molecule has 30 heavy (non-hydrogen) atoms. The average Bonchev–Trinajstić information content (AvgIpc) is 3.18. The van der Waals surface area contributed by atoms with Crippen molar-refractivity contribution in [3.05, 3.63) is 53.6 Å². The highest BCUT2D eigenvalue weighted by Crippen LogP contribution is 2.31. The van der Waals surface area contributed by atoms with Crippen molar-refractivity contribution in [3.63, 3.8) is 0 Å². The van der Waals surface area contributed by atoms with Gasteiger partial charge in [-0.2, -0.15) is 0 Å². The second kappa shape index (κ2) is 9.47. The van der Waals surface area contributed by atoms with Crippen LogP contribution in [0.15, 0.2) is 42.5 Å². The Bertz CT molecular complexity index is 991. The Labute approximate surface area is 181 Å². The van der Waals surface area contributed by atoms with Crippen LogP contribution in [0.1, 0.15) is 48.5 Å². The minimum Gasteiger partial charge on any atom is -0.494 e. The Morgan fingerprint density at radius 1 is 1.17 bits per heavy atom. The van der Waals surface area contributed by atoms with Gasteiger partial charge < -0.3 is 14.4 Å². The molecule has 0 N–H and O–H groups in total. The van der Waals surface area contributed by atoms with E-state index in [9.17, 15) is 4.79 Å². The lowest BCUT2D eigenvalue weighted by Gasteiger charge is -2.31. The van der Waals surface area contributed by atoms with Gasteiger partial charge in [0.05, 0.1) is 16.8 Å². The molecule has 1 aromatic heterocycles. The lowest BCUT2D eigenvalue weighted by atomic mass is 10.1. The van der Waals surface area contributed by atoms with Gasteiger partial charge in [-0.1, -0.05) is 36.8 Å². The number of aryl methyl sites for hydroxylation is 1. The molecule has 2 heterocycles. The highest BCUT2D eigenvalue weighted by molar-refractivity contribution is 7.20. The summed E-state index contributed by atoms with van der Waals surface area (Å²) in [7, 11) is 0. The number of hydrogen-bond donors (Lipinski definition) is 0. The summed E-state index contributed by atoms with van der Waals surface area (Å²) in [6, 6.07) is 13.7. The van der Waals surface area contributed by atoms with Crippen molar-refractivity contribution in [2.24, 2.45) is 0 Å². The van der Waals surface area contributed by atoms with Crippen LogP contribution in [0.25, 0.3) is 10.2 Å². The Hall–Kier alpha value is -2.60. The molecule has 1 fully saturated rings. The van der Waals surface area contributed by atoms with E-state index in [1.54, 1.807) is 11.3 Å². The van der Waals surface area contributed by atoms with E-state index in [1.165, 1.54) is 5.56 Å². The smallest absolute Gasteiger partial charge is 0.274 e. The second-order valence-electron chi connectivity index (χ2n) is 7.74. The molecule has 1 amide bonds. The number of rotatable bonds is 7. The number of aromatic nitrogens is 1. The number of hydrogen-bond acceptors (Lipinski definition) is 5. The Balaban J connectivity index is 1.30. The van der Waals surface area contributed by atoms with Crippen LogP contribution in [-0.4, -0.2) is 41.6 Å². The van der Waals surface area contributed by atoms with Crippen LogP contribution < -0.4 is 9.47 Å². The van der Waals surface area contributed by atoms with Crippen molar-refractivity contribution < 1.29 is 14.3 Å². The number of ether oxygens (including phenoxy) is 2. The quantitative estimate of drug-likeness (QED) is 0.472. The van der Waals surface area contributed by atoms with E-state index in [2.05, 4.69) is 31.0 Å². The fraction of sp³-hybridized carbons (Fsp3) is 0.417. The van der Waals surface area contributed by atoms with Crippen molar-refractivity contribution in [3.8, 4) is 10.9 Å². The van der Waals surface area contributed by atoms with Crippen LogP contribution in [0.5, 0.6) is 10.9 Å². The Morgan fingerprint density at radius 3 is 2.63 bits per heavy atom. The summed E-state index contributed by atoms with van der Waals surface area (Å²) in [5, 5.41) is 0.725. The molecular formula is C24H28N2O3S. The maximum atomic E-state index is 12.8. The molecule has 0 bridgehead atoms. The van der Waals surface area contributed by atoms with E-state index in [0.29, 0.717) is 25.3 Å². The molecule has 0 radical (unpaired) electrons. The van der Waals surface area contributed by atoms with Crippen LogP contribution in [0, 0.1) is 6.92 Å². The molecule has 1 aliphatic heterocycles. The number of carbonyl (C=O) groups is 1. The van der Waals surface area contributed by atoms with Gasteiger partial charge in [-0.25, -0.2) is 4.98 Å². The van der Waals surface area contributed by atoms with Crippen molar-refractivity contribution in [2.75, 3.05) is 19.7 Å². The zero-order valence-corrected chi connectivity index (χ0v) is 18.4. The molecular weight excluding hydrogens is 396 g/mol. The molecule has 0 spiro atoms. The monoisotopic (exact) mass is 424 g/mol. The first-order valence-corrected chi connectivity index (χ1v) is 11.5. The fourth-order valence-corrected chi connectivity index (χ4v) is 4.61. The van der Waals surface area contributed by atoms with Gasteiger partial charge in [0.25, 0.3) is 11.1 Å². The van der Waals surface area contributed by atoms with E-state index >= 15 is 0 Å². The zero-order valence-electron chi connectivity index (χ0n) is 17.6. The number of piperidine rings is 1. The second-order valence-corrected chi connectivity index (χ2v) is 8.73. The third-order valence-electron chi connectivity index (χ3n) is 5.47. The lowest BCUT2D eigenvalue weighted by molar-refractivity contribution is 0.0595. The fourth-order valence-electron chi connectivity index (χ4n) is 3.65. The Morgan fingerprint density at radius 2 is 1.93 bits per heavy atom. The number of nitrogens with zero attached hydrogens (tertiary/aromatic N) is 2. The minimum atomic E-state index is 0.0733. The molecule has 4 rings (SSSR count). The summed E-state index contributed by atoms with van der Waals surface area (Å²) in [4.78, 5) is 19.4. The van der Waals surface area contributed by atoms with Gasteiger partial charge in [-0.15, -0.1) is 0 Å². The summed E-state index contributed by atoms with van der Waals surface area (Å²) in [5.74, 6) is 0.891. The summed E-state index contributed by atoms with van der Waals surface area (Å²) in [5.41, 5.74) is 2.90. The van der Waals surface area contributed by atoms with Gasteiger partial charge in [0.1, 0.15) is 11.9 Å². The van der Waals surface area contributed by atoms with E-state index in [1.807, 2.05) is 35.2 Å². The van der Waals surface area contributed by atoms with E-state index < -0.39 is 0 Å². The number of carbonyl (C=O) groups excluding carboxylic acids is 1. The van der Waals surface area contributed by atoms with Gasteiger partial charge in [-0.05, 0) is 49.2 Å². The van der Waals surface area contributed by atoms with Crippen molar-refractivity contribution >= 4 is 27.5 Å². The van der Waals surface area contributed by atoms with Crippen molar-refractivity contribution in [1.29, 1.82) is 0 Å². The topological polar surface area (TPSA) is 51.7 Å². The van der Waals surface area contributed by atoms with Gasteiger partial charge in [0.15, 0.2) is 0 Å². The van der Waals surface area contributed by atoms with Crippen LogP contribution >= 0.6 is 11.3 Å². The van der Waals surface area contributed by atoms with Crippen LogP contribution in [0.2, 0.25) is 0 Å². The Kier molecular flexibility index (Phi) is 6.53. The molecule has 0 atom stereocenters. The lowest BCUT2D eigenvalue weighted by Crippen LogP contribution is -2.41. The first kappa shape index (κ1) is 20.7. The first-order chi connectivity index (χ1) is 14.6. The number of fused-ring (bicyclic) bond motifs is 1. The summed E-state index contributed by atoms with van der Waals surface area (Å²) < 4.78 is 13.0.